The number of rotatable bonds is 2. The number of aliphatic hydroxyl groups excluding tert-OH is 1. The van der Waals surface area contributed by atoms with Gasteiger partial charge in [-0.3, -0.25) is 0 Å². The van der Waals surface area contributed by atoms with Crippen molar-refractivity contribution in [1.82, 2.24) is 19.5 Å². The van der Waals surface area contributed by atoms with Gasteiger partial charge in [-0.05, 0) is 0 Å². The van der Waals surface area contributed by atoms with E-state index >= 15 is 0 Å². The fourth-order valence-corrected chi connectivity index (χ4v) is 2.25. The average Bonchev–Trinajstić information content (AvgIpc) is 2.70. The quantitative estimate of drug-likeness (QED) is 0.791. The normalized spacial score (nSPS) is 28.2. The van der Waals surface area contributed by atoms with E-state index < -0.39 is 12.3 Å². The van der Waals surface area contributed by atoms with Gasteiger partial charge in [-0.2, -0.15) is 0 Å². The van der Waals surface area contributed by atoms with Crippen LogP contribution < -0.4 is 5.73 Å². The van der Waals surface area contributed by atoms with Gasteiger partial charge in [0.25, 0.3) is 0 Å². The highest BCUT2D eigenvalue weighted by Gasteiger charge is 2.45. The zero-order chi connectivity index (χ0) is 12.0. The molecular weight excluding hydrogens is 225 g/mol. The van der Waals surface area contributed by atoms with Crippen LogP contribution in [-0.4, -0.2) is 36.9 Å². The molecule has 1 saturated carbocycles. The molecule has 0 radical (unpaired) electrons. The lowest BCUT2D eigenvalue weighted by Gasteiger charge is -2.40. The van der Waals surface area contributed by atoms with Crippen molar-refractivity contribution in [2.75, 3.05) is 12.3 Å². The summed E-state index contributed by atoms with van der Waals surface area (Å²) in [5, 5.41) is 8.87. The number of aliphatic hydroxyl groups is 1. The molecule has 0 aliphatic heterocycles. The van der Waals surface area contributed by atoms with Crippen molar-refractivity contribution in [3.8, 4) is 0 Å². The summed E-state index contributed by atoms with van der Waals surface area (Å²) in [6.07, 6.45) is 3.51. The Balaban J connectivity index is 1.96. The number of hydrogen-bond acceptors (Lipinski definition) is 5. The molecule has 3 rings (SSSR count). The molecule has 2 aromatic heterocycles. The van der Waals surface area contributed by atoms with Gasteiger partial charge in [-0.25, -0.2) is 19.3 Å². The van der Waals surface area contributed by atoms with Crippen molar-refractivity contribution in [1.29, 1.82) is 0 Å². The Labute approximate surface area is 96.3 Å². The lowest BCUT2D eigenvalue weighted by atomic mass is 9.78. The minimum absolute atomic E-state index is 0.0218. The van der Waals surface area contributed by atoms with Crippen LogP contribution >= 0.6 is 0 Å². The zero-order valence-corrected chi connectivity index (χ0v) is 9.04. The molecule has 2 heterocycles. The maximum absolute atomic E-state index is 13.6. The van der Waals surface area contributed by atoms with Crippen LogP contribution in [0.25, 0.3) is 11.2 Å². The second kappa shape index (κ2) is 3.36. The third kappa shape index (κ3) is 1.46. The first-order valence-corrected chi connectivity index (χ1v) is 5.36. The Kier molecular flexibility index (Phi) is 2.06. The largest absolute Gasteiger partial charge is 0.393 e. The van der Waals surface area contributed by atoms with Gasteiger partial charge in [-0.15, -0.1) is 0 Å². The standard InChI is InChI=1S/C10H12FN5O/c11-10(3-17)1-6(2-10)16-5-15-7-8(12)13-4-14-9(7)16/h4-6,17H,1-3H2,(H2,12,13,14). The number of alkyl halides is 1. The molecule has 1 aliphatic carbocycles. The molecule has 1 aliphatic rings. The number of anilines is 1. The number of aromatic nitrogens is 4. The van der Waals surface area contributed by atoms with Crippen molar-refractivity contribution < 1.29 is 9.50 Å². The van der Waals surface area contributed by atoms with Crippen molar-refractivity contribution in [2.45, 2.75) is 24.6 Å². The highest BCUT2D eigenvalue weighted by Crippen LogP contribution is 2.44. The van der Waals surface area contributed by atoms with E-state index in [1.807, 2.05) is 0 Å². The summed E-state index contributed by atoms with van der Waals surface area (Å²) < 4.78 is 15.4. The minimum Gasteiger partial charge on any atom is -0.393 e. The Morgan fingerprint density at radius 2 is 2.24 bits per heavy atom. The average molecular weight is 237 g/mol. The number of imidazole rings is 1. The molecule has 0 aromatic carbocycles. The lowest BCUT2D eigenvalue weighted by Crippen LogP contribution is -2.43. The lowest BCUT2D eigenvalue weighted by molar-refractivity contribution is -0.0323. The van der Waals surface area contributed by atoms with Gasteiger partial charge in [0, 0.05) is 18.9 Å². The predicted octanol–water partition coefficient (Wildman–Crippen LogP) is 0.444. The predicted molar refractivity (Wildman–Crippen MR) is 58.9 cm³/mol. The fourth-order valence-electron chi connectivity index (χ4n) is 2.25. The smallest absolute Gasteiger partial charge is 0.165 e. The summed E-state index contributed by atoms with van der Waals surface area (Å²) in [7, 11) is 0. The molecule has 7 heteroatoms. The van der Waals surface area contributed by atoms with E-state index in [2.05, 4.69) is 15.0 Å². The Hall–Kier alpha value is -1.76. The molecule has 17 heavy (non-hydrogen) atoms. The van der Waals surface area contributed by atoms with Crippen LogP contribution in [0.4, 0.5) is 10.2 Å². The van der Waals surface area contributed by atoms with Crippen LogP contribution in [0.1, 0.15) is 18.9 Å². The first-order chi connectivity index (χ1) is 8.13. The van der Waals surface area contributed by atoms with Crippen molar-refractivity contribution >= 4 is 17.0 Å². The molecule has 0 atom stereocenters. The van der Waals surface area contributed by atoms with E-state index in [1.165, 1.54) is 6.33 Å². The molecule has 0 bridgehead atoms. The second-order valence-corrected chi connectivity index (χ2v) is 4.45. The molecule has 0 saturated heterocycles. The monoisotopic (exact) mass is 237 g/mol. The van der Waals surface area contributed by atoms with Gasteiger partial charge in [0.2, 0.25) is 0 Å². The van der Waals surface area contributed by atoms with Crippen LogP contribution in [0.3, 0.4) is 0 Å². The van der Waals surface area contributed by atoms with E-state index in [1.54, 1.807) is 10.9 Å². The summed E-state index contributed by atoms with van der Waals surface area (Å²) in [6.45, 7) is -0.437. The van der Waals surface area contributed by atoms with Crippen molar-refractivity contribution in [2.24, 2.45) is 0 Å². The van der Waals surface area contributed by atoms with Crippen LogP contribution in [0.5, 0.6) is 0 Å². The number of hydrogen-bond donors (Lipinski definition) is 2. The van der Waals surface area contributed by atoms with Crippen LogP contribution in [0.15, 0.2) is 12.7 Å². The van der Waals surface area contributed by atoms with Gasteiger partial charge < -0.3 is 15.4 Å². The van der Waals surface area contributed by atoms with Crippen LogP contribution in [0, 0.1) is 0 Å². The van der Waals surface area contributed by atoms with E-state index in [0.29, 0.717) is 17.0 Å². The van der Waals surface area contributed by atoms with E-state index in [4.69, 9.17) is 10.8 Å². The second-order valence-electron chi connectivity index (χ2n) is 4.45. The summed E-state index contributed by atoms with van der Waals surface area (Å²) in [6, 6.07) is -0.0218. The molecular formula is C10H12FN5O. The first kappa shape index (κ1) is 10.4. The van der Waals surface area contributed by atoms with Gasteiger partial charge in [0.05, 0.1) is 12.9 Å². The fraction of sp³-hybridized carbons (Fsp3) is 0.500. The summed E-state index contributed by atoms with van der Waals surface area (Å²) >= 11 is 0. The molecule has 1 fully saturated rings. The molecule has 0 unspecified atom stereocenters. The highest BCUT2D eigenvalue weighted by molar-refractivity contribution is 5.81. The van der Waals surface area contributed by atoms with Crippen molar-refractivity contribution in [3.63, 3.8) is 0 Å². The van der Waals surface area contributed by atoms with Gasteiger partial charge in [0.15, 0.2) is 11.5 Å². The zero-order valence-electron chi connectivity index (χ0n) is 9.04. The molecule has 90 valence electrons. The summed E-state index contributed by atoms with van der Waals surface area (Å²) in [5.74, 6) is 0.321. The van der Waals surface area contributed by atoms with E-state index in [9.17, 15) is 4.39 Å². The molecule has 6 nitrogen and oxygen atoms in total. The number of fused-ring (bicyclic) bond motifs is 1. The summed E-state index contributed by atoms with van der Waals surface area (Å²) in [5.41, 5.74) is 5.36. The molecule has 3 N–H and O–H groups in total. The van der Waals surface area contributed by atoms with Gasteiger partial charge in [0.1, 0.15) is 17.5 Å². The van der Waals surface area contributed by atoms with Gasteiger partial charge >= 0.3 is 0 Å². The van der Waals surface area contributed by atoms with E-state index in [-0.39, 0.29) is 18.9 Å². The van der Waals surface area contributed by atoms with Crippen LogP contribution in [-0.2, 0) is 0 Å². The number of nitrogens with two attached hydrogens (primary N) is 1. The van der Waals surface area contributed by atoms with Crippen molar-refractivity contribution in [3.05, 3.63) is 12.7 Å². The Morgan fingerprint density at radius 3 is 2.94 bits per heavy atom. The first-order valence-electron chi connectivity index (χ1n) is 5.36. The molecule has 0 amide bonds. The SMILES string of the molecule is Nc1ncnc2c1ncn2C1CC(F)(CO)C1. The molecule has 0 spiro atoms. The number of halogens is 1. The third-order valence-corrected chi connectivity index (χ3v) is 3.27. The topological polar surface area (TPSA) is 89.9 Å². The maximum Gasteiger partial charge on any atom is 0.165 e. The third-order valence-electron chi connectivity index (χ3n) is 3.27. The highest BCUT2D eigenvalue weighted by atomic mass is 19.1. The van der Waals surface area contributed by atoms with E-state index in [0.717, 1.165) is 0 Å². The Morgan fingerprint density at radius 1 is 1.47 bits per heavy atom. The number of nitrogens with zero attached hydrogens (tertiary/aromatic N) is 4. The van der Waals surface area contributed by atoms with Crippen LogP contribution in [0.2, 0.25) is 0 Å². The minimum atomic E-state index is -1.46. The molecule has 2 aromatic rings. The number of nitrogen functional groups attached to an aromatic ring is 1. The summed E-state index contributed by atoms with van der Waals surface area (Å²) in [4.78, 5) is 12.1. The maximum atomic E-state index is 13.6. The Bertz CT molecular complexity index is 563. The van der Waals surface area contributed by atoms with Gasteiger partial charge in [-0.1, -0.05) is 0 Å².